The lowest BCUT2D eigenvalue weighted by atomic mass is 10.1. The Balaban J connectivity index is 1.65. The Labute approximate surface area is 161 Å². The first-order valence-electron chi connectivity index (χ1n) is 8.51. The number of fused-ring (bicyclic) bond motifs is 1. The maximum atomic E-state index is 12.4. The molecule has 8 heteroatoms. The maximum absolute atomic E-state index is 12.4. The molecule has 142 valence electrons. The summed E-state index contributed by atoms with van der Waals surface area (Å²) < 4.78 is 6.60. The van der Waals surface area contributed by atoms with Crippen LogP contribution in [0.1, 0.15) is 24.2 Å². The average molecular weight is 386 g/mol. The number of methoxy groups -OCH3 is 1. The van der Waals surface area contributed by atoms with Crippen molar-refractivity contribution in [2.75, 3.05) is 12.9 Å². The number of nitrogens with zero attached hydrogens (tertiary/aromatic N) is 2. The van der Waals surface area contributed by atoms with Gasteiger partial charge in [0.25, 0.3) is 5.56 Å². The van der Waals surface area contributed by atoms with E-state index < -0.39 is 0 Å². The summed E-state index contributed by atoms with van der Waals surface area (Å²) in [7, 11) is 3.27. The summed E-state index contributed by atoms with van der Waals surface area (Å²) in [5, 5.41) is 3.47. The highest BCUT2D eigenvalue weighted by molar-refractivity contribution is 7.99. The number of aryl methyl sites for hydroxylation is 1. The molecule has 2 N–H and O–H groups in total. The molecule has 0 spiro atoms. The number of amides is 1. The lowest BCUT2D eigenvalue weighted by Crippen LogP contribution is -2.28. The molecular weight excluding hydrogens is 364 g/mol. The Bertz CT molecular complexity index is 1020. The Hall–Kier alpha value is -2.74. The second kappa shape index (κ2) is 7.87. The number of carbonyl (C=O) groups is 1. The number of hydrogen-bond acceptors (Lipinski definition) is 5. The van der Waals surface area contributed by atoms with Gasteiger partial charge in [-0.15, -0.1) is 0 Å². The second-order valence-corrected chi connectivity index (χ2v) is 7.26. The van der Waals surface area contributed by atoms with Crippen LogP contribution in [0.4, 0.5) is 0 Å². The third kappa shape index (κ3) is 4.16. The van der Waals surface area contributed by atoms with E-state index in [1.165, 1.54) is 16.3 Å². The third-order valence-corrected chi connectivity index (χ3v) is 5.31. The standard InChI is InChI=1S/C19H22N4O3S/c1-11-9-15-17(20-11)18(25)23(3)19(22-15)27-10-16(24)21-12(2)13-5-7-14(26-4)8-6-13/h5-9,12,20H,10H2,1-4H3,(H,21,24). The molecule has 0 bridgehead atoms. The Morgan fingerprint density at radius 2 is 2.07 bits per heavy atom. The smallest absolute Gasteiger partial charge is 0.278 e. The van der Waals surface area contributed by atoms with Crippen LogP contribution in [0.25, 0.3) is 11.0 Å². The Kier molecular flexibility index (Phi) is 5.55. The van der Waals surface area contributed by atoms with Gasteiger partial charge in [0.05, 0.1) is 24.4 Å². The van der Waals surface area contributed by atoms with Crippen molar-refractivity contribution >= 4 is 28.7 Å². The van der Waals surface area contributed by atoms with Gasteiger partial charge in [-0.25, -0.2) is 4.98 Å². The van der Waals surface area contributed by atoms with Gasteiger partial charge in [0.2, 0.25) is 5.91 Å². The van der Waals surface area contributed by atoms with Crippen molar-refractivity contribution < 1.29 is 9.53 Å². The molecular formula is C19H22N4O3S. The first kappa shape index (κ1) is 19.0. The van der Waals surface area contributed by atoms with Crippen LogP contribution in [0.2, 0.25) is 0 Å². The molecule has 27 heavy (non-hydrogen) atoms. The number of H-pyrrole nitrogens is 1. The van der Waals surface area contributed by atoms with Crippen molar-refractivity contribution in [3.05, 3.63) is 51.9 Å². The zero-order chi connectivity index (χ0) is 19.6. The van der Waals surface area contributed by atoms with Gasteiger partial charge in [-0.2, -0.15) is 0 Å². The van der Waals surface area contributed by atoms with Crippen molar-refractivity contribution in [2.24, 2.45) is 7.05 Å². The van der Waals surface area contributed by atoms with Crippen LogP contribution in [0.3, 0.4) is 0 Å². The van der Waals surface area contributed by atoms with E-state index in [2.05, 4.69) is 15.3 Å². The van der Waals surface area contributed by atoms with Crippen LogP contribution in [-0.4, -0.2) is 33.3 Å². The summed E-state index contributed by atoms with van der Waals surface area (Å²) in [6.45, 7) is 3.80. The molecule has 1 amide bonds. The molecule has 0 saturated heterocycles. The number of hydrogen-bond donors (Lipinski definition) is 2. The zero-order valence-electron chi connectivity index (χ0n) is 15.7. The summed E-state index contributed by atoms with van der Waals surface area (Å²) in [6, 6.07) is 9.26. The summed E-state index contributed by atoms with van der Waals surface area (Å²) >= 11 is 1.24. The fraction of sp³-hybridized carbons (Fsp3) is 0.316. The van der Waals surface area contributed by atoms with Crippen molar-refractivity contribution in [1.29, 1.82) is 0 Å². The molecule has 3 rings (SSSR count). The molecule has 0 radical (unpaired) electrons. The Morgan fingerprint density at radius 1 is 1.37 bits per heavy atom. The van der Waals surface area contributed by atoms with Gasteiger partial charge in [0.1, 0.15) is 11.3 Å². The predicted molar refractivity (Wildman–Crippen MR) is 106 cm³/mol. The van der Waals surface area contributed by atoms with Crippen LogP contribution >= 0.6 is 11.8 Å². The van der Waals surface area contributed by atoms with Gasteiger partial charge in [-0.1, -0.05) is 23.9 Å². The molecule has 2 heterocycles. The molecule has 0 aliphatic carbocycles. The van der Waals surface area contributed by atoms with Gasteiger partial charge in [-0.05, 0) is 37.6 Å². The van der Waals surface area contributed by atoms with E-state index in [0.717, 1.165) is 17.0 Å². The monoisotopic (exact) mass is 386 g/mol. The van der Waals surface area contributed by atoms with E-state index in [4.69, 9.17) is 4.74 Å². The van der Waals surface area contributed by atoms with Gasteiger partial charge in [0.15, 0.2) is 5.16 Å². The number of carbonyl (C=O) groups excluding carboxylic acids is 1. The van der Waals surface area contributed by atoms with E-state index in [9.17, 15) is 9.59 Å². The van der Waals surface area contributed by atoms with Gasteiger partial charge in [0, 0.05) is 12.7 Å². The van der Waals surface area contributed by atoms with Crippen LogP contribution in [-0.2, 0) is 11.8 Å². The van der Waals surface area contributed by atoms with Crippen molar-refractivity contribution in [3.63, 3.8) is 0 Å². The average Bonchev–Trinajstić information content (AvgIpc) is 3.04. The Morgan fingerprint density at radius 3 is 2.74 bits per heavy atom. The zero-order valence-corrected chi connectivity index (χ0v) is 16.5. The first-order chi connectivity index (χ1) is 12.9. The summed E-state index contributed by atoms with van der Waals surface area (Å²) in [5.41, 5.74) is 2.82. The normalized spacial score (nSPS) is 12.1. The summed E-state index contributed by atoms with van der Waals surface area (Å²) in [6.07, 6.45) is 0. The van der Waals surface area contributed by atoms with Crippen molar-refractivity contribution in [1.82, 2.24) is 19.9 Å². The molecule has 1 atom stereocenters. The number of nitrogens with one attached hydrogen (secondary N) is 2. The maximum Gasteiger partial charge on any atom is 0.278 e. The minimum absolute atomic E-state index is 0.122. The molecule has 7 nitrogen and oxygen atoms in total. The number of rotatable bonds is 6. The third-order valence-electron chi connectivity index (χ3n) is 4.28. The summed E-state index contributed by atoms with van der Waals surface area (Å²) in [5.74, 6) is 0.827. The number of ether oxygens (including phenoxy) is 1. The highest BCUT2D eigenvalue weighted by Gasteiger charge is 2.14. The van der Waals surface area contributed by atoms with Crippen LogP contribution in [0.15, 0.2) is 40.3 Å². The largest absolute Gasteiger partial charge is 0.497 e. The highest BCUT2D eigenvalue weighted by Crippen LogP contribution is 2.19. The number of thioether (sulfide) groups is 1. The molecule has 1 aromatic carbocycles. The molecule has 0 saturated carbocycles. The molecule has 0 fully saturated rings. The SMILES string of the molecule is COc1ccc(C(C)NC(=O)CSc2nc3cc(C)[nH]c3c(=O)n2C)cc1. The van der Waals surface area contributed by atoms with Crippen LogP contribution in [0, 0.1) is 6.92 Å². The molecule has 1 unspecified atom stereocenters. The highest BCUT2D eigenvalue weighted by atomic mass is 32.2. The fourth-order valence-electron chi connectivity index (χ4n) is 2.78. The van der Waals surface area contributed by atoms with E-state index in [0.29, 0.717) is 16.2 Å². The number of aromatic nitrogens is 3. The van der Waals surface area contributed by atoms with E-state index >= 15 is 0 Å². The van der Waals surface area contributed by atoms with Crippen molar-refractivity contribution in [3.8, 4) is 5.75 Å². The molecule has 0 aliphatic heterocycles. The quantitative estimate of drug-likeness (QED) is 0.502. The van der Waals surface area contributed by atoms with Crippen LogP contribution < -0.4 is 15.6 Å². The second-order valence-electron chi connectivity index (χ2n) is 6.32. The van der Waals surface area contributed by atoms with E-state index in [-0.39, 0.29) is 23.3 Å². The first-order valence-corrected chi connectivity index (χ1v) is 9.50. The van der Waals surface area contributed by atoms with Crippen LogP contribution in [0.5, 0.6) is 5.75 Å². The van der Waals surface area contributed by atoms with Gasteiger partial charge in [-0.3, -0.25) is 14.2 Å². The number of benzene rings is 1. The van der Waals surface area contributed by atoms with Gasteiger partial charge >= 0.3 is 0 Å². The van der Waals surface area contributed by atoms with E-state index in [1.54, 1.807) is 14.2 Å². The van der Waals surface area contributed by atoms with E-state index in [1.807, 2.05) is 44.2 Å². The fourth-order valence-corrected chi connectivity index (χ4v) is 3.56. The minimum atomic E-state index is -0.150. The molecule has 2 aromatic heterocycles. The lowest BCUT2D eigenvalue weighted by molar-refractivity contribution is -0.119. The minimum Gasteiger partial charge on any atom is -0.497 e. The molecule has 3 aromatic rings. The molecule has 0 aliphatic rings. The summed E-state index contributed by atoms with van der Waals surface area (Å²) in [4.78, 5) is 32.2. The number of aromatic amines is 1. The topological polar surface area (TPSA) is 89.0 Å². The lowest BCUT2D eigenvalue weighted by Gasteiger charge is -2.15. The van der Waals surface area contributed by atoms with Crippen molar-refractivity contribution in [2.45, 2.75) is 25.0 Å². The predicted octanol–water partition coefficient (Wildman–Crippen LogP) is 2.55. The van der Waals surface area contributed by atoms with Gasteiger partial charge < -0.3 is 15.0 Å².